The summed E-state index contributed by atoms with van der Waals surface area (Å²) < 4.78 is 13.1. The SMILES string of the molecule is CN(Cc1cccc2ccccc12)C(=O)c1cc(-c2ccc(F)cc2)n[nH]1. The van der Waals surface area contributed by atoms with Crippen LogP contribution in [0.3, 0.4) is 0 Å². The molecule has 4 nitrogen and oxygen atoms in total. The van der Waals surface area contributed by atoms with Gasteiger partial charge >= 0.3 is 0 Å². The van der Waals surface area contributed by atoms with Crippen molar-refractivity contribution in [2.75, 3.05) is 7.05 Å². The van der Waals surface area contributed by atoms with Gasteiger partial charge in [-0.2, -0.15) is 5.10 Å². The molecule has 3 aromatic carbocycles. The summed E-state index contributed by atoms with van der Waals surface area (Å²) in [6.07, 6.45) is 0. The first-order chi connectivity index (χ1) is 13.1. The number of amides is 1. The number of nitrogens with one attached hydrogen (secondary N) is 1. The first kappa shape index (κ1) is 17.0. The average Bonchev–Trinajstić information content (AvgIpc) is 3.18. The lowest BCUT2D eigenvalue weighted by atomic mass is 10.0. The van der Waals surface area contributed by atoms with Crippen LogP contribution in [0.15, 0.2) is 72.8 Å². The summed E-state index contributed by atoms with van der Waals surface area (Å²) >= 11 is 0. The Labute approximate surface area is 156 Å². The fraction of sp³-hybridized carbons (Fsp3) is 0.0909. The molecule has 134 valence electrons. The number of carbonyl (C=O) groups is 1. The van der Waals surface area contributed by atoms with E-state index in [4.69, 9.17) is 0 Å². The van der Waals surface area contributed by atoms with Crippen LogP contribution in [0.4, 0.5) is 4.39 Å². The number of rotatable bonds is 4. The van der Waals surface area contributed by atoms with Gasteiger partial charge in [0.05, 0.1) is 5.69 Å². The standard InChI is InChI=1S/C22H18FN3O/c1-26(14-17-7-4-6-15-5-2-3-8-19(15)17)22(27)21-13-20(24-25-21)16-9-11-18(23)12-10-16/h2-13H,14H2,1H3,(H,24,25). The van der Waals surface area contributed by atoms with Crippen molar-refractivity contribution >= 4 is 16.7 Å². The van der Waals surface area contributed by atoms with E-state index in [0.717, 1.165) is 21.9 Å². The van der Waals surface area contributed by atoms with E-state index in [-0.39, 0.29) is 11.7 Å². The highest BCUT2D eigenvalue weighted by Gasteiger charge is 2.16. The van der Waals surface area contributed by atoms with E-state index < -0.39 is 0 Å². The van der Waals surface area contributed by atoms with E-state index in [1.165, 1.54) is 12.1 Å². The maximum atomic E-state index is 13.1. The highest BCUT2D eigenvalue weighted by molar-refractivity contribution is 5.93. The van der Waals surface area contributed by atoms with Gasteiger partial charge in [0.2, 0.25) is 0 Å². The molecular formula is C22H18FN3O. The second kappa shape index (κ2) is 7.03. The average molecular weight is 359 g/mol. The first-order valence-electron chi connectivity index (χ1n) is 8.65. The number of hydrogen-bond donors (Lipinski definition) is 1. The molecule has 1 aromatic heterocycles. The van der Waals surface area contributed by atoms with Crippen molar-refractivity contribution in [1.29, 1.82) is 0 Å². The lowest BCUT2D eigenvalue weighted by molar-refractivity contribution is 0.0780. The Hall–Kier alpha value is -3.47. The van der Waals surface area contributed by atoms with Crippen molar-refractivity contribution in [1.82, 2.24) is 15.1 Å². The largest absolute Gasteiger partial charge is 0.336 e. The van der Waals surface area contributed by atoms with Crippen LogP contribution in [0, 0.1) is 5.82 Å². The Bertz CT molecular complexity index is 1100. The Balaban J connectivity index is 1.55. The summed E-state index contributed by atoms with van der Waals surface area (Å²) in [5, 5.41) is 9.25. The van der Waals surface area contributed by atoms with Gasteiger partial charge in [0, 0.05) is 19.2 Å². The number of hydrogen-bond acceptors (Lipinski definition) is 2. The van der Waals surface area contributed by atoms with Gasteiger partial charge in [0.15, 0.2) is 0 Å². The molecule has 0 saturated carbocycles. The summed E-state index contributed by atoms with van der Waals surface area (Å²) in [6, 6.07) is 21.9. The van der Waals surface area contributed by atoms with Crippen molar-refractivity contribution in [3.05, 3.63) is 89.9 Å². The smallest absolute Gasteiger partial charge is 0.271 e. The number of benzene rings is 3. The third-order valence-corrected chi connectivity index (χ3v) is 4.58. The van der Waals surface area contributed by atoms with Crippen LogP contribution in [0.2, 0.25) is 0 Å². The van der Waals surface area contributed by atoms with Gasteiger partial charge in [-0.05, 0) is 46.7 Å². The third kappa shape index (κ3) is 3.44. The summed E-state index contributed by atoms with van der Waals surface area (Å²) in [5.74, 6) is -0.454. The Morgan fingerprint density at radius 1 is 1.04 bits per heavy atom. The van der Waals surface area contributed by atoms with E-state index in [9.17, 15) is 9.18 Å². The zero-order valence-electron chi connectivity index (χ0n) is 14.8. The molecule has 0 saturated heterocycles. The minimum atomic E-state index is -0.305. The van der Waals surface area contributed by atoms with Gasteiger partial charge in [0.1, 0.15) is 11.5 Å². The van der Waals surface area contributed by atoms with Crippen molar-refractivity contribution in [3.8, 4) is 11.3 Å². The summed E-state index contributed by atoms with van der Waals surface area (Å²) in [5.41, 5.74) is 2.85. The Morgan fingerprint density at radius 3 is 2.59 bits per heavy atom. The highest BCUT2D eigenvalue weighted by atomic mass is 19.1. The number of carbonyl (C=O) groups excluding carboxylic acids is 1. The molecule has 0 spiro atoms. The first-order valence-corrected chi connectivity index (χ1v) is 8.65. The maximum absolute atomic E-state index is 13.1. The van der Waals surface area contributed by atoms with Gasteiger partial charge in [-0.25, -0.2) is 4.39 Å². The van der Waals surface area contributed by atoms with Crippen LogP contribution in [0.25, 0.3) is 22.0 Å². The van der Waals surface area contributed by atoms with E-state index in [0.29, 0.717) is 17.9 Å². The van der Waals surface area contributed by atoms with E-state index in [2.05, 4.69) is 28.4 Å². The van der Waals surface area contributed by atoms with Crippen LogP contribution in [0.1, 0.15) is 16.1 Å². The van der Waals surface area contributed by atoms with Crippen LogP contribution >= 0.6 is 0 Å². The van der Waals surface area contributed by atoms with Crippen molar-refractivity contribution in [3.63, 3.8) is 0 Å². The molecule has 0 unspecified atom stereocenters. The molecule has 4 aromatic rings. The van der Waals surface area contributed by atoms with Crippen molar-refractivity contribution in [2.45, 2.75) is 6.54 Å². The fourth-order valence-corrected chi connectivity index (χ4v) is 3.16. The minimum Gasteiger partial charge on any atom is -0.336 e. The normalized spacial score (nSPS) is 10.9. The Morgan fingerprint density at radius 2 is 1.78 bits per heavy atom. The number of aromatic amines is 1. The summed E-state index contributed by atoms with van der Waals surface area (Å²) in [6.45, 7) is 0.491. The summed E-state index contributed by atoms with van der Waals surface area (Å²) in [4.78, 5) is 14.4. The quantitative estimate of drug-likeness (QED) is 0.577. The van der Waals surface area contributed by atoms with E-state index in [1.54, 1.807) is 30.1 Å². The highest BCUT2D eigenvalue weighted by Crippen LogP contribution is 2.21. The molecule has 4 rings (SSSR count). The zero-order chi connectivity index (χ0) is 18.8. The molecule has 1 heterocycles. The van der Waals surface area contributed by atoms with Crippen molar-refractivity contribution < 1.29 is 9.18 Å². The predicted octanol–water partition coefficient (Wildman–Crippen LogP) is 4.64. The number of fused-ring (bicyclic) bond motifs is 1. The van der Waals surface area contributed by atoms with Gasteiger partial charge in [-0.1, -0.05) is 42.5 Å². The van der Waals surface area contributed by atoms with E-state index in [1.807, 2.05) is 24.3 Å². The molecule has 27 heavy (non-hydrogen) atoms. The van der Waals surface area contributed by atoms with E-state index >= 15 is 0 Å². The predicted molar refractivity (Wildman–Crippen MR) is 104 cm³/mol. The molecule has 0 fully saturated rings. The lowest BCUT2D eigenvalue weighted by Crippen LogP contribution is -2.26. The molecule has 0 aliphatic rings. The van der Waals surface area contributed by atoms with Crippen LogP contribution in [-0.2, 0) is 6.54 Å². The molecule has 1 N–H and O–H groups in total. The van der Waals surface area contributed by atoms with Crippen LogP contribution in [0.5, 0.6) is 0 Å². The molecule has 1 amide bonds. The molecule has 5 heteroatoms. The lowest BCUT2D eigenvalue weighted by Gasteiger charge is -2.17. The maximum Gasteiger partial charge on any atom is 0.271 e. The fourth-order valence-electron chi connectivity index (χ4n) is 3.16. The number of halogens is 1. The molecule has 0 bridgehead atoms. The molecule has 0 atom stereocenters. The van der Waals surface area contributed by atoms with Crippen LogP contribution in [-0.4, -0.2) is 28.1 Å². The number of H-pyrrole nitrogens is 1. The second-order valence-electron chi connectivity index (χ2n) is 6.47. The second-order valence-corrected chi connectivity index (χ2v) is 6.47. The van der Waals surface area contributed by atoms with Gasteiger partial charge in [-0.15, -0.1) is 0 Å². The molecular weight excluding hydrogens is 341 g/mol. The number of nitrogens with zero attached hydrogens (tertiary/aromatic N) is 2. The van der Waals surface area contributed by atoms with Gasteiger partial charge in [-0.3, -0.25) is 9.89 Å². The Kier molecular flexibility index (Phi) is 4.42. The van der Waals surface area contributed by atoms with Crippen LogP contribution < -0.4 is 0 Å². The minimum absolute atomic E-state index is 0.149. The topological polar surface area (TPSA) is 49.0 Å². The van der Waals surface area contributed by atoms with Gasteiger partial charge < -0.3 is 4.90 Å². The molecule has 0 radical (unpaired) electrons. The number of aromatic nitrogens is 2. The molecule has 0 aliphatic carbocycles. The molecule has 0 aliphatic heterocycles. The van der Waals surface area contributed by atoms with Crippen molar-refractivity contribution in [2.24, 2.45) is 0 Å². The van der Waals surface area contributed by atoms with Gasteiger partial charge in [0.25, 0.3) is 5.91 Å². The third-order valence-electron chi connectivity index (χ3n) is 4.58. The summed E-state index contributed by atoms with van der Waals surface area (Å²) in [7, 11) is 1.77. The monoisotopic (exact) mass is 359 g/mol. The zero-order valence-corrected chi connectivity index (χ0v) is 14.8.